The first-order valence-electron chi connectivity index (χ1n) is 7.22. The van der Waals surface area contributed by atoms with Crippen LogP contribution in [0.2, 0.25) is 0 Å². The minimum atomic E-state index is -0.240. The van der Waals surface area contributed by atoms with Crippen molar-refractivity contribution in [2.75, 3.05) is 26.2 Å². The highest BCUT2D eigenvalue weighted by atomic mass is 16.5. The molecule has 0 bridgehead atoms. The number of ether oxygens (including phenoxy) is 1. The van der Waals surface area contributed by atoms with E-state index in [1.54, 1.807) is 6.92 Å². The summed E-state index contributed by atoms with van der Waals surface area (Å²) < 4.78 is 5.04. The summed E-state index contributed by atoms with van der Waals surface area (Å²) >= 11 is 0. The molecule has 1 atom stereocenters. The van der Waals surface area contributed by atoms with Gasteiger partial charge in [-0.3, -0.25) is 14.5 Å². The molecular formula is C14H26N2O3. The number of nitrogens with zero attached hydrogens (tertiary/aromatic N) is 1. The Balaban J connectivity index is 2.33. The normalized spacial score (nSPS) is 19.7. The van der Waals surface area contributed by atoms with E-state index in [1.165, 1.54) is 0 Å². The average molecular weight is 270 g/mol. The van der Waals surface area contributed by atoms with Crippen LogP contribution in [0.3, 0.4) is 0 Å². The number of nitrogens with one attached hydrogen (secondary N) is 1. The fraction of sp³-hybridized carbons (Fsp3) is 0.857. The molecule has 0 spiro atoms. The molecule has 0 aromatic carbocycles. The van der Waals surface area contributed by atoms with Crippen LogP contribution >= 0.6 is 0 Å². The molecule has 110 valence electrons. The van der Waals surface area contributed by atoms with Crippen molar-refractivity contribution in [1.82, 2.24) is 10.2 Å². The monoisotopic (exact) mass is 270 g/mol. The first kappa shape index (κ1) is 16.0. The number of carbonyl (C=O) groups is 2. The van der Waals surface area contributed by atoms with Crippen LogP contribution in [-0.2, 0) is 14.3 Å². The molecule has 5 heteroatoms. The van der Waals surface area contributed by atoms with Crippen LogP contribution in [0.25, 0.3) is 0 Å². The van der Waals surface area contributed by atoms with E-state index in [-0.39, 0.29) is 17.9 Å². The maximum absolute atomic E-state index is 11.8. The number of hydrogen-bond donors (Lipinski definition) is 1. The second kappa shape index (κ2) is 8.15. The fourth-order valence-corrected chi connectivity index (χ4v) is 2.26. The highest BCUT2D eigenvalue weighted by Crippen LogP contribution is 2.17. The lowest BCUT2D eigenvalue weighted by Gasteiger charge is -2.22. The van der Waals surface area contributed by atoms with Gasteiger partial charge >= 0.3 is 5.97 Å². The SMILES string of the molecule is CCOC(=O)C1CCCN1CC(=O)NCCC(C)C. The van der Waals surface area contributed by atoms with E-state index in [9.17, 15) is 9.59 Å². The molecule has 1 amide bonds. The van der Waals surface area contributed by atoms with E-state index in [4.69, 9.17) is 4.74 Å². The van der Waals surface area contributed by atoms with Crippen molar-refractivity contribution >= 4 is 11.9 Å². The van der Waals surface area contributed by atoms with Crippen LogP contribution in [0.4, 0.5) is 0 Å². The van der Waals surface area contributed by atoms with Crippen molar-refractivity contribution < 1.29 is 14.3 Å². The summed E-state index contributed by atoms with van der Waals surface area (Å²) in [6, 6.07) is -0.240. The molecule has 0 aliphatic carbocycles. The minimum Gasteiger partial charge on any atom is -0.465 e. The van der Waals surface area contributed by atoms with Gasteiger partial charge in [0.25, 0.3) is 0 Å². The fourth-order valence-electron chi connectivity index (χ4n) is 2.26. The van der Waals surface area contributed by atoms with Gasteiger partial charge in [-0.25, -0.2) is 0 Å². The molecule has 19 heavy (non-hydrogen) atoms. The summed E-state index contributed by atoms with van der Waals surface area (Å²) in [4.78, 5) is 25.5. The number of carbonyl (C=O) groups excluding carboxylic acids is 2. The predicted octanol–water partition coefficient (Wildman–Crippen LogP) is 1.18. The van der Waals surface area contributed by atoms with Crippen LogP contribution < -0.4 is 5.32 Å². The molecule has 1 unspecified atom stereocenters. The predicted molar refractivity (Wildman–Crippen MR) is 73.7 cm³/mol. The van der Waals surface area contributed by atoms with Crippen molar-refractivity contribution in [3.05, 3.63) is 0 Å². The third-order valence-corrected chi connectivity index (χ3v) is 3.31. The molecule has 1 heterocycles. The molecule has 1 aliphatic rings. The van der Waals surface area contributed by atoms with Gasteiger partial charge in [0, 0.05) is 6.54 Å². The molecule has 1 saturated heterocycles. The Morgan fingerprint density at radius 1 is 1.42 bits per heavy atom. The van der Waals surface area contributed by atoms with E-state index >= 15 is 0 Å². The summed E-state index contributed by atoms with van der Waals surface area (Å²) in [6.45, 7) is 8.24. The van der Waals surface area contributed by atoms with Gasteiger partial charge in [-0.1, -0.05) is 13.8 Å². The lowest BCUT2D eigenvalue weighted by atomic mass is 10.1. The summed E-state index contributed by atoms with van der Waals surface area (Å²) in [6.07, 6.45) is 2.72. The minimum absolute atomic E-state index is 0.00292. The van der Waals surface area contributed by atoms with Crippen LogP contribution in [0.15, 0.2) is 0 Å². The van der Waals surface area contributed by atoms with E-state index in [2.05, 4.69) is 19.2 Å². The van der Waals surface area contributed by atoms with Crippen molar-refractivity contribution in [1.29, 1.82) is 0 Å². The Morgan fingerprint density at radius 2 is 2.16 bits per heavy atom. The molecule has 0 aromatic rings. The largest absolute Gasteiger partial charge is 0.465 e. The smallest absolute Gasteiger partial charge is 0.323 e. The summed E-state index contributed by atoms with van der Waals surface area (Å²) in [5, 5.41) is 2.90. The molecule has 1 N–H and O–H groups in total. The van der Waals surface area contributed by atoms with Crippen LogP contribution in [-0.4, -0.2) is 49.1 Å². The van der Waals surface area contributed by atoms with Crippen molar-refractivity contribution in [3.63, 3.8) is 0 Å². The van der Waals surface area contributed by atoms with Crippen LogP contribution in [0, 0.1) is 5.92 Å². The Hall–Kier alpha value is -1.10. The Bertz CT molecular complexity index is 305. The molecule has 0 aromatic heterocycles. The molecule has 1 fully saturated rings. The average Bonchev–Trinajstić information content (AvgIpc) is 2.76. The van der Waals surface area contributed by atoms with Gasteiger partial charge in [0.05, 0.1) is 13.2 Å². The lowest BCUT2D eigenvalue weighted by Crippen LogP contribution is -2.43. The topological polar surface area (TPSA) is 58.6 Å². The molecular weight excluding hydrogens is 244 g/mol. The second-order valence-electron chi connectivity index (χ2n) is 5.41. The van der Waals surface area contributed by atoms with Gasteiger partial charge < -0.3 is 10.1 Å². The second-order valence-corrected chi connectivity index (χ2v) is 5.41. The van der Waals surface area contributed by atoms with Gasteiger partial charge in [0.2, 0.25) is 5.91 Å². The summed E-state index contributed by atoms with van der Waals surface area (Å²) in [5.41, 5.74) is 0. The number of hydrogen-bond acceptors (Lipinski definition) is 4. The zero-order chi connectivity index (χ0) is 14.3. The van der Waals surface area contributed by atoms with Crippen molar-refractivity contribution in [2.24, 2.45) is 5.92 Å². The van der Waals surface area contributed by atoms with Crippen molar-refractivity contribution in [3.8, 4) is 0 Å². The van der Waals surface area contributed by atoms with Crippen molar-refractivity contribution in [2.45, 2.75) is 46.1 Å². The molecule has 1 rings (SSSR count). The number of rotatable bonds is 7. The highest BCUT2D eigenvalue weighted by molar-refractivity contribution is 5.80. The van der Waals surface area contributed by atoms with Gasteiger partial charge in [-0.15, -0.1) is 0 Å². The van der Waals surface area contributed by atoms with E-state index in [0.29, 0.717) is 25.6 Å². The third-order valence-electron chi connectivity index (χ3n) is 3.31. The number of likely N-dealkylation sites (tertiary alicyclic amines) is 1. The maximum Gasteiger partial charge on any atom is 0.323 e. The number of esters is 1. The standard InChI is InChI=1S/C14H26N2O3/c1-4-19-14(18)12-6-5-9-16(12)10-13(17)15-8-7-11(2)3/h11-12H,4-10H2,1-3H3,(H,15,17). The maximum atomic E-state index is 11.8. The zero-order valence-corrected chi connectivity index (χ0v) is 12.3. The first-order valence-corrected chi connectivity index (χ1v) is 7.22. The zero-order valence-electron chi connectivity index (χ0n) is 12.3. The van der Waals surface area contributed by atoms with Crippen LogP contribution in [0.5, 0.6) is 0 Å². The third kappa shape index (κ3) is 5.59. The van der Waals surface area contributed by atoms with E-state index in [0.717, 1.165) is 25.8 Å². The first-order chi connectivity index (χ1) is 9.04. The van der Waals surface area contributed by atoms with Crippen LogP contribution in [0.1, 0.15) is 40.0 Å². The lowest BCUT2D eigenvalue weighted by molar-refractivity contribution is -0.148. The molecule has 5 nitrogen and oxygen atoms in total. The Morgan fingerprint density at radius 3 is 2.79 bits per heavy atom. The van der Waals surface area contributed by atoms with Gasteiger partial charge in [-0.05, 0) is 38.6 Å². The van der Waals surface area contributed by atoms with Gasteiger partial charge in [-0.2, -0.15) is 0 Å². The molecule has 1 aliphatic heterocycles. The Kier molecular flexibility index (Phi) is 6.84. The summed E-state index contributed by atoms with van der Waals surface area (Å²) in [7, 11) is 0. The molecule has 0 saturated carbocycles. The van der Waals surface area contributed by atoms with Gasteiger partial charge in [0.15, 0.2) is 0 Å². The van der Waals surface area contributed by atoms with E-state index < -0.39 is 0 Å². The van der Waals surface area contributed by atoms with Gasteiger partial charge in [0.1, 0.15) is 6.04 Å². The highest BCUT2D eigenvalue weighted by Gasteiger charge is 2.32. The number of amides is 1. The Labute approximate surface area is 115 Å². The summed E-state index contributed by atoms with van der Waals surface area (Å²) in [5.74, 6) is 0.381. The quantitative estimate of drug-likeness (QED) is 0.706. The molecule has 0 radical (unpaired) electrons. The van der Waals surface area contributed by atoms with E-state index in [1.807, 2.05) is 4.90 Å².